The van der Waals surface area contributed by atoms with E-state index >= 15 is 0 Å². The lowest BCUT2D eigenvalue weighted by Crippen LogP contribution is -2.52. The van der Waals surface area contributed by atoms with Crippen LogP contribution in [0.5, 0.6) is 11.5 Å². The second-order valence-corrected chi connectivity index (χ2v) is 11.0. The van der Waals surface area contributed by atoms with Gasteiger partial charge in [0.2, 0.25) is 18.6 Å². The maximum Gasteiger partial charge on any atom is 0.243 e. The number of nitrogens with one attached hydrogen (secondary N) is 1. The Hall–Kier alpha value is -3.22. The minimum Gasteiger partial charge on any atom is -0.454 e. The summed E-state index contributed by atoms with van der Waals surface area (Å²) in [5.41, 5.74) is 2.69. The fourth-order valence-corrected chi connectivity index (χ4v) is 5.71. The molecule has 6 nitrogen and oxygen atoms in total. The third-order valence-electron chi connectivity index (χ3n) is 7.39. The summed E-state index contributed by atoms with van der Waals surface area (Å²) in [6.07, 6.45) is 5.27. The van der Waals surface area contributed by atoms with Crippen LogP contribution in [0.15, 0.2) is 66.7 Å². The van der Waals surface area contributed by atoms with Crippen molar-refractivity contribution in [3.8, 4) is 11.5 Å². The molecule has 0 spiro atoms. The minimum absolute atomic E-state index is 0.124. The Morgan fingerprint density at radius 2 is 1.69 bits per heavy atom. The number of hydrogen-bond acceptors (Lipinski definition) is 4. The van der Waals surface area contributed by atoms with Gasteiger partial charge >= 0.3 is 0 Å². The van der Waals surface area contributed by atoms with Crippen LogP contribution in [0, 0.1) is 0 Å². The van der Waals surface area contributed by atoms with Gasteiger partial charge < -0.3 is 19.7 Å². The molecular formula is C31H32Cl2N2O4. The topological polar surface area (TPSA) is 67.9 Å². The number of halogens is 2. The number of rotatable bonds is 10. The van der Waals surface area contributed by atoms with E-state index in [1.807, 2.05) is 54.6 Å². The summed E-state index contributed by atoms with van der Waals surface area (Å²) in [7, 11) is 0. The van der Waals surface area contributed by atoms with Crippen LogP contribution in [0.2, 0.25) is 10.0 Å². The van der Waals surface area contributed by atoms with Gasteiger partial charge in [-0.2, -0.15) is 0 Å². The van der Waals surface area contributed by atoms with E-state index < -0.39 is 6.04 Å². The first-order chi connectivity index (χ1) is 19.0. The maximum atomic E-state index is 13.9. The summed E-state index contributed by atoms with van der Waals surface area (Å²) in [6.45, 7) is 0.399. The van der Waals surface area contributed by atoms with Gasteiger partial charge in [0.05, 0.1) is 0 Å². The Morgan fingerprint density at radius 3 is 2.46 bits per heavy atom. The summed E-state index contributed by atoms with van der Waals surface area (Å²) in [6, 6.07) is 20.2. The van der Waals surface area contributed by atoms with Gasteiger partial charge in [0.25, 0.3) is 0 Å². The maximum absolute atomic E-state index is 13.9. The van der Waals surface area contributed by atoms with Crippen molar-refractivity contribution in [2.45, 2.75) is 63.6 Å². The number of benzene rings is 3. The van der Waals surface area contributed by atoms with E-state index in [-0.39, 0.29) is 37.6 Å². The zero-order chi connectivity index (χ0) is 27.2. The van der Waals surface area contributed by atoms with E-state index in [9.17, 15) is 9.59 Å². The molecule has 39 heavy (non-hydrogen) atoms. The molecule has 0 bridgehead atoms. The summed E-state index contributed by atoms with van der Waals surface area (Å²) in [5, 5.41) is 4.21. The third kappa shape index (κ3) is 7.06. The summed E-state index contributed by atoms with van der Waals surface area (Å²) < 4.78 is 10.9. The van der Waals surface area contributed by atoms with Crippen LogP contribution < -0.4 is 14.8 Å². The fraction of sp³-hybridized carbons (Fsp3) is 0.355. The van der Waals surface area contributed by atoms with Gasteiger partial charge in [0.15, 0.2) is 11.5 Å². The molecule has 1 heterocycles. The Bertz CT molecular complexity index is 1310. The standard InChI is InChI=1S/C31H32Cl2N2O4/c32-24-13-12-23(26(33)18-24)19-35(30(36)15-11-22-10-14-28-29(17-22)39-20-38-28)27(16-21-6-2-1-3-7-21)31(37)34-25-8-4-5-9-25/h1-3,6-7,10,12-14,17-18,25,27H,4-5,8-9,11,15-16,19-20H2,(H,34,37). The number of hydrogen-bond donors (Lipinski definition) is 1. The molecule has 8 heteroatoms. The largest absolute Gasteiger partial charge is 0.454 e. The number of ether oxygens (including phenoxy) is 2. The van der Waals surface area contributed by atoms with E-state index in [2.05, 4.69) is 5.32 Å². The van der Waals surface area contributed by atoms with Gasteiger partial charge in [-0.3, -0.25) is 9.59 Å². The lowest BCUT2D eigenvalue weighted by molar-refractivity contribution is -0.141. The molecule has 1 N–H and O–H groups in total. The van der Waals surface area contributed by atoms with Gasteiger partial charge in [-0.15, -0.1) is 0 Å². The van der Waals surface area contributed by atoms with Crippen LogP contribution in [-0.4, -0.2) is 35.6 Å². The van der Waals surface area contributed by atoms with E-state index in [4.69, 9.17) is 32.7 Å². The van der Waals surface area contributed by atoms with Gasteiger partial charge in [0.1, 0.15) is 6.04 Å². The monoisotopic (exact) mass is 566 g/mol. The smallest absolute Gasteiger partial charge is 0.243 e. The molecule has 0 saturated heterocycles. The highest BCUT2D eigenvalue weighted by molar-refractivity contribution is 6.35. The molecule has 1 aliphatic heterocycles. The van der Waals surface area contributed by atoms with Crippen molar-refractivity contribution in [2.24, 2.45) is 0 Å². The predicted octanol–water partition coefficient (Wildman–Crippen LogP) is 6.35. The van der Waals surface area contributed by atoms with Crippen LogP contribution in [0.1, 0.15) is 48.8 Å². The van der Waals surface area contributed by atoms with Gasteiger partial charge in [0, 0.05) is 35.5 Å². The van der Waals surface area contributed by atoms with Crippen molar-refractivity contribution in [1.29, 1.82) is 0 Å². The highest BCUT2D eigenvalue weighted by Gasteiger charge is 2.32. The van der Waals surface area contributed by atoms with E-state index in [0.717, 1.165) is 42.4 Å². The molecule has 0 radical (unpaired) electrons. The van der Waals surface area contributed by atoms with E-state index in [1.165, 1.54) is 0 Å². The minimum atomic E-state index is -0.691. The Labute approximate surface area is 239 Å². The zero-order valence-corrected chi connectivity index (χ0v) is 23.2. The van der Waals surface area contributed by atoms with Crippen molar-refractivity contribution in [3.05, 3.63) is 93.5 Å². The predicted molar refractivity (Wildman–Crippen MR) is 152 cm³/mol. The molecule has 2 amide bonds. The SMILES string of the molecule is O=C(NC1CCCC1)C(Cc1ccccc1)N(Cc1ccc(Cl)cc1Cl)C(=O)CCc1ccc2c(c1)OCO2. The van der Waals surface area contributed by atoms with Gasteiger partial charge in [-0.05, 0) is 60.2 Å². The average molecular weight is 568 g/mol. The second-order valence-electron chi connectivity index (χ2n) is 10.1. The molecular weight excluding hydrogens is 535 g/mol. The molecule has 1 unspecified atom stereocenters. The lowest BCUT2D eigenvalue weighted by Gasteiger charge is -2.32. The number of carbonyl (C=O) groups is 2. The molecule has 0 aromatic heterocycles. The lowest BCUT2D eigenvalue weighted by atomic mass is 10.0. The first-order valence-electron chi connectivity index (χ1n) is 13.4. The molecule has 204 valence electrons. The molecule has 5 rings (SSSR count). The summed E-state index contributed by atoms with van der Waals surface area (Å²) in [5.74, 6) is 1.13. The van der Waals surface area contributed by atoms with Gasteiger partial charge in [-0.1, -0.05) is 78.5 Å². The van der Waals surface area contributed by atoms with Crippen molar-refractivity contribution in [2.75, 3.05) is 6.79 Å². The molecule has 3 aromatic rings. The van der Waals surface area contributed by atoms with Crippen molar-refractivity contribution < 1.29 is 19.1 Å². The molecule has 2 aliphatic rings. The van der Waals surface area contributed by atoms with Crippen LogP contribution in [0.25, 0.3) is 0 Å². The molecule has 3 aromatic carbocycles. The molecule has 1 saturated carbocycles. The second kappa shape index (κ2) is 12.8. The Morgan fingerprint density at radius 1 is 0.923 bits per heavy atom. The quantitative estimate of drug-likeness (QED) is 0.310. The first kappa shape index (κ1) is 27.4. The Balaban J connectivity index is 1.42. The van der Waals surface area contributed by atoms with E-state index in [0.29, 0.717) is 34.4 Å². The van der Waals surface area contributed by atoms with Crippen LogP contribution in [-0.2, 0) is 29.0 Å². The number of aryl methyl sites for hydroxylation is 1. The zero-order valence-electron chi connectivity index (χ0n) is 21.7. The molecule has 1 fully saturated rings. The average Bonchev–Trinajstić information content (AvgIpc) is 3.62. The van der Waals surface area contributed by atoms with Crippen LogP contribution in [0.3, 0.4) is 0 Å². The summed E-state index contributed by atoms with van der Waals surface area (Å²) >= 11 is 12.7. The fourth-order valence-electron chi connectivity index (χ4n) is 5.25. The third-order valence-corrected chi connectivity index (χ3v) is 7.98. The first-order valence-corrected chi connectivity index (χ1v) is 14.2. The highest BCUT2D eigenvalue weighted by atomic mass is 35.5. The highest BCUT2D eigenvalue weighted by Crippen LogP contribution is 2.33. The van der Waals surface area contributed by atoms with Crippen molar-refractivity contribution >= 4 is 35.0 Å². The molecule has 1 atom stereocenters. The van der Waals surface area contributed by atoms with Gasteiger partial charge in [-0.25, -0.2) is 0 Å². The van der Waals surface area contributed by atoms with E-state index in [1.54, 1.807) is 17.0 Å². The van der Waals surface area contributed by atoms with Crippen molar-refractivity contribution in [1.82, 2.24) is 10.2 Å². The summed E-state index contributed by atoms with van der Waals surface area (Å²) in [4.78, 5) is 29.4. The normalized spacial score (nSPS) is 15.2. The number of carbonyl (C=O) groups excluding carboxylic acids is 2. The number of fused-ring (bicyclic) bond motifs is 1. The molecule has 1 aliphatic carbocycles. The Kier molecular flexibility index (Phi) is 8.95. The van der Waals surface area contributed by atoms with Crippen LogP contribution in [0.4, 0.5) is 0 Å². The number of amides is 2. The van der Waals surface area contributed by atoms with Crippen LogP contribution >= 0.6 is 23.2 Å². The number of nitrogens with zero attached hydrogens (tertiary/aromatic N) is 1. The van der Waals surface area contributed by atoms with Crippen molar-refractivity contribution in [3.63, 3.8) is 0 Å².